The fourth-order valence-electron chi connectivity index (χ4n) is 3.21. The molecule has 1 heterocycles. The monoisotopic (exact) mass is 290 g/mol. The van der Waals surface area contributed by atoms with Gasteiger partial charge in [-0.15, -0.1) is 0 Å². The van der Waals surface area contributed by atoms with Gasteiger partial charge in [0.15, 0.2) is 0 Å². The molecular formula is C18H28NO2+. The molecule has 1 fully saturated rings. The summed E-state index contributed by atoms with van der Waals surface area (Å²) < 4.78 is 5.17. The first kappa shape index (κ1) is 16.0. The van der Waals surface area contributed by atoms with E-state index in [4.69, 9.17) is 4.74 Å². The Morgan fingerprint density at radius 3 is 2.86 bits per heavy atom. The molecule has 3 nitrogen and oxygen atoms in total. The van der Waals surface area contributed by atoms with Crippen molar-refractivity contribution in [3.8, 4) is 0 Å². The van der Waals surface area contributed by atoms with Crippen LogP contribution in [-0.4, -0.2) is 32.2 Å². The Balaban J connectivity index is 1.79. The van der Waals surface area contributed by atoms with E-state index in [1.54, 1.807) is 4.90 Å². The molecule has 0 aliphatic carbocycles. The number of nitrogens with one attached hydrogen (secondary N) is 1. The van der Waals surface area contributed by atoms with E-state index in [0.717, 1.165) is 25.9 Å². The molecule has 0 saturated carbocycles. The molecule has 1 aromatic carbocycles. The van der Waals surface area contributed by atoms with Gasteiger partial charge in [-0.1, -0.05) is 37.3 Å². The van der Waals surface area contributed by atoms with Crippen LogP contribution in [0.2, 0.25) is 0 Å². The highest BCUT2D eigenvalue weighted by Crippen LogP contribution is 2.17. The zero-order chi connectivity index (χ0) is 15.1. The van der Waals surface area contributed by atoms with Gasteiger partial charge < -0.3 is 9.64 Å². The lowest BCUT2D eigenvalue weighted by Gasteiger charge is -2.29. The maximum absolute atomic E-state index is 11.9. The van der Waals surface area contributed by atoms with E-state index >= 15 is 0 Å². The van der Waals surface area contributed by atoms with Crippen molar-refractivity contribution in [3.63, 3.8) is 0 Å². The van der Waals surface area contributed by atoms with Gasteiger partial charge in [0.2, 0.25) is 0 Å². The van der Waals surface area contributed by atoms with Crippen molar-refractivity contribution in [3.05, 3.63) is 35.9 Å². The highest BCUT2D eigenvalue weighted by atomic mass is 16.5. The number of carbonyl (C=O) groups excluding carboxylic acids is 1. The van der Waals surface area contributed by atoms with Gasteiger partial charge in [0, 0.05) is 6.42 Å². The van der Waals surface area contributed by atoms with Crippen LogP contribution in [0.15, 0.2) is 30.3 Å². The van der Waals surface area contributed by atoms with Crippen molar-refractivity contribution >= 4 is 5.97 Å². The van der Waals surface area contributed by atoms with Gasteiger partial charge in [0.05, 0.1) is 26.2 Å². The summed E-state index contributed by atoms with van der Waals surface area (Å²) in [5, 5.41) is 0. The number of likely N-dealkylation sites (tertiary alicyclic amines) is 1. The minimum Gasteiger partial charge on any atom is -0.466 e. The fourth-order valence-corrected chi connectivity index (χ4v) is 3.21. The predicted molar refractivity (Wildman–Crippen MR) is 84.4 cm³/mol. The SMILES string of the molecule is CCOC(=O)[C@@H]1CCC[NH+](CC[C@H](C)c2ccccc2)C1. The van der Waals surface area contributed by atoms with E-state index in [9.17, 15) is 4.79 Å². The van der Waals surface area contributed by atoms with Crippen LogP contribution in [0, 0.1) is 5.92 Å². The van der Waals surface area contributed by atoms with E-state index in [0.29, 0.717) is 12.5 Å². The van der Waals surface area contributed by atoms with Gasteiger partial charge in [-0.3, -0.25) is 4.79 Å². The Morgan fingerprint density at radius 1 is 1.38 bits per heavy atom. The summed E-state index contributed by atoms with van der Waals surface area (Å²) in [4.78, 5) is 13.4. The number of esters is 1. The maximum atomic E-state index is 11.9. The lowest BCUT2D eigenvalue weighted by molar-refractivity contribution is -0.907. The summed E-state index contributed by atoms with van der Waals surface area (Å²) >= 11 is 0. The highest BCUT2D eigenvalue weighted by Gasteiger charge is 2.29. The first-order valence-corrected chi connectivity index (χ1v) is 8.25. The number of piperidine rings is 1. The average Bonchev–Trinajstić information content (AvgIpc) is 2.54. The molecule has 1 saturated heterocycles. The second-order valence-corrected chi connectivity index (χ2v) is 6.15. The van der Waals surface area contributed by atoms with Gasteiger partial charge in [-0.05, 0) is 31.2 Å². The van der Waals surface area contributed by atoms with Crippen LogP contribution in [0.25, 0.3) is 0 Å². The Morgan fingerprint density at radius 2 is 2.14 bits per heavy atom. The molecule has 0 amide bonds. The van der Waals surface area contributed by atoms with Crippen molar-refractivity contribution in [1.29, 1.82) is 0 Å². The number of rotatable bonds is 6. The summed E-state index contributed by atoms with van der Waals surface area (Å²) in [6, 6.07) is 10.7. The Labute approximate surface area is 128 Å². The average molecular weight is 290 g/mol. The van der Waals surface area contributed by atoms with Crippen LogP contribution < -0.4 is 4.90 Å². The molecule has 3 atom stereocenters. The number of quaternary nitrogens is 1. The molecule has 116 valence electrons. The third kappa shape index (κ3) is 4.85. The Hall–Kier alpha value is -1.35. The minimum absolute atomic E-state index is 0.00538. The summed E-state index contributed by atoms with van der Waals surface area (Å²) in [6.07, 6.45) is 3.31. The van der Waals surface area contributed by atoms with Crippen molar-refractivity contribution < 1.29 is 14.4 Å². The van der Waals surface area contributed by atoms with E-state index in [1.807, 2.05) is 6.92 Å². The molecule has 0 aromatic heterocycles. The topological polar surface area (TPSA) is 30.7 Å². The standard InChI is InChI=1S/C18H27NO2/c1-3-21-18(20)17-10-7-12-19(14-17)13-11-15(2)16-8-5-4-6-9-16/h4-6,8-9,15,17H,3,7,10-14H2,1-2H3/p+1/t15-,17+/m0/s1. The smallest absolute Gasteiger partial charge is 0.314 e. The normalized spacial score (nSPS) is 23.5. The first-order chi connectivity index (χ1) is 10.2. The van der Waals surface area contributed by atoms with Crippen molar-refractivity contribution in [2.45, 2.75) is 39.0 Å². The zero-order valence-electron chi connectivity index (χ0n) is 13.3. The van der Waals surface area contributed by atoms with Crippen LogP contribution in [0.4, 0.5) is 0 Å². The zero-order valence-corrected chi connectivity index (χ0v) is 13.3. The second kappa shape index (κ2) is 8.18. The van der Waals surface area contributed by atoms with E-state index in [2.05, 4.69) is 37.3 Å². The van der Waals surface area contributed by atoms with Gasteiger partial charge >= 0.3 is 5.97 Å². The minimum atomic E-state index is 0.00538. The molecule has 1 unspecified atom stereocenters. The van der Waals surface area contributed by atoms with Crippen LogP contribution in [0.5, 0.6) is 0 Å². The van der Waals surface area contributed by atoms with Crippen molar-refractivity contribution in [2.24, 2.45) is 5.92 Å². The van der Waals surface area contributed by atoms with Crippen LogP contribution >= 0.6 is 0 Å². The molecule has 2 rings (SSSR count). The first-order valence-electron chi connectivity index (χ1n) is 8.25. The van der Waals surface area contributed by atoms with Crippen LogP contribution in [0.1, 0.15) is 44.6 Å². The van der Waals surface area contributed by atoms with E-state index in [-0.39, 0.29) is 11.9 Å². The molecule has 1 aromatic rings. The molecule has 0 bridgehead atoms. The van der Waals surface area contributed by atoms with E-state index in [1.165, 1.54) is 18.5 Å². The maximum Gasteiger partial charge on any atom is 0.314 e. The number of ether oxygens (including phenoxy) is 1. The molecule has 0 radical (unpaired) electrons. The summed E-state index contributed by atoms with van der Waals surface area (Å²) in [6.45, 7) is 7.95. The van der Waals surface area contributed by atoms with Crippen LogP contribution in [-0.2, 0) is 9.53 Å². The summed E-state index contributed by atoms with van der Waals surface area (Å²) in [5.74, 6) is 0.702. The fraction of sp³-hybridized carbons (Fsp3) is 0.611. The molecule has 1 N–H and O–H groups in total. The second-order valence-electron chi connectivity index (χ2n) is 6.15. The largest absolute Gasteiger partial charge is 0.466 e. The van der Waals surface area contributed by atoms with Gasteiger partial charge in [-0.25, -0.2) is 0 Å². The van der Waals surface area contributed by atoms with Crippen molar-refractivity contribution in [2.75, 3.05) is 26.2 Å². The van der Waals surface area contributed by atoms with Gasteiger partial charge in [0.25, 0.3) is 0 Å². The third-order valence-corrected chi connectivity index (χ3v) is 4.54. The summed E-state index contributed by atoms with van der Waals surface area (Å²) in [7, 11) is 0. The Kier molecular flexibility index (Phi) is 6.24. The molecule has 21 heavy (non-hydrogen) atoms. The lowest BCUT2D eigenvalue weighted by Crippen LogP contribution is -3.13. The van der Waals surface area contributed by atoms with E-state index < -0.39 is 0 Å². The van der Waals surface area contributed by atoms with Crippen LogP contribution in [0.3, 0.4) is 0 Å². The van der Waals surface area contributed by atoms with Gasteiger partial charge in [-0.2, -0.15) is 0 Å². The highest BCUT2D eigenvalue weighted by molar-refractivity contribution is 5.72. The number of hydrogen-bond donors (Lipinski definition) is 1. The lowest BCUT2D eigenvalue weighted by atomic mass is 9.95. The molecule has 0 spiro atoms. The molecule has 1 aliphatic rings. The molecular weight excluding hydrogens is 262 g/mol. The number of hydrogen-bond acceptors (Lipinski definition) is 2. The quantitative estimate of drug-likeness (QED) is 0.813. The third-order valence-electron chi connectivity index (χ3n) is 4.54. The van der Waals surface area contributed by atoms with Gasteiger partial charge in [0.1, 0.15) is 5.92 Å². The predicted octanol–water partition coefficient (Wildman–Crippen LogP) is 2.04. The molecule has 1 aliphatic heterocycles. The van der Waals surface area contributed by atoms with Crippen molar-refractivity contribution in [1.82, 2.24) is 0 Å². The number of carbonyl (C=O) groups is 1. The number of benzene rings is 1. The summed E-state index contributed by atoms with van der Waals surface area (Å²) in [5.41, 5.74) is 1.41. The Bertz CT molecular complexity index is 432. The molecule has 3 heteroatoms.